The summed E-state index contributed by atoms with van der Waals surface area (Å²) in [4.78, 5) is 22.0. The smallest absolute Gasteiger partial charge is 0.176 e. The second-order valence-electron chi connectivity index (χ2n) is 5.17. The number of piperidine rings is 1. The van der Waals surface area contributed by atoms with E-state index in [-0.39, 0.29) is 17.9 Å². The molecule has 3 atom stereocenters. The Labute approximate surface area is 128 Å². The third-order valence-electron chi connectivity index (χ3n) is 3.85. The first-order chi connectivity index (χ1) is 10.7. The van der Waals surface area contributed by atoms with E-state index in [1.165, 1.54) is 6.33 Å². The number of rotatable bonds is 4. The van der Waals surface area contributed by atoms with Gasteiger partial charge in [0, 0.05) is 6.42 Å². The van der Waals surface area contributed by atoms with Crippen molar-refractivity contribution < 1.29 is 14.4 Å². The average Bonchev–Trinajstić information content (AvgIpc) is 3.06. The number of para-hydroxylation sites is 1. The van der Waals surface area contributed by atoms with E-state index in [9.17, 15) is 4.79 Å². The summed E-state index contributed by atoms with van der Waals surface area (Å²) in [6.07, 6.45) is 1.47. The molecule has 3 unspecified atom stereocenters. The Morgan fingerprint density at radius 2 is 2.09 bits per heavy atom. The van der Waals surface area contributed by atoms with Crippen LogP contribution in [0.1, 0.15) is 25.1 Å². The number of Topliss-reactive ketones (excluding diaryl/α,β-unsaturated/α-hetero) is 1. The van der Waals surface area contributed by atoms with E-state index in [2.05, 4.69) is 15.2 Å². The fourth-order valence-corrected chi connectivity index (χ4v) is 2.75. The number of carbonyl (C=O) groups is 1. The maximum Gasteiger partial charge on any atom is 0.176 e. The van der Waals surface area contributed by atoms with Crippen molar-refractivity contribution in [2.45, 2.75) is 31.5 Å². The summed E-state index contributed by atoms with van der Waals surface area (Å²) in [7, 11) is 1.54. The summed E-state index contributed by atoms with van der Waals surface area (Å²) >= 11 is 0. The quantitative estimate of drug-likeness (QED) is 0.922. The lowest BCUT2D eigenvalue weighted by Gasteiger charge is -2.39. The zero-order valence-electron chi connectivity index (χ0n) is 12.5. The number of ether oxygens (including phenoxy) is 1. The maximum absolute atomic E-state index is 12.5. The maximum atomic E-state index is 12.5. The van der Waals surface area contributed by atoms with Crippen molar-refractivity contribution in [1.82, 2.24) is 20.2 Å². The molecule has 0 bridgehead atoms. The number of nitrogens with one attached hydrogen (secondary N) is 1. The second kappa shape index (κ2) is 6.25. The van der Waals surface area contributed by atoms with Crippen molar-refractivity contribution in [3.63, 3.8) is 0 Å². The van der Waals surface area contributed by atoms with Gasteiger partial charge in [-0.2, -0.15) is 5.10 Å². The molecule has 7 heteroatoms. The normalized spacial score (nSPS) is 26.1. The molecule has 1 aromatic carbocycles. The second-order valence-corrected chi connectivity index (χ2v) is 5.17. The highest BCUT2D eigenvalue weighted by atomic mass is 16.7. The first kappa shape index (κ1) is 14.7. The lowest BCUT2D eigenvalue weighted by Crippen LogP contribution is -2.54. The van der Waals surface area contributed by atoms with Gasteiger partial charge >= 0.3 is 0 Å². The number of benzene rings is 1. The number of hydrogen-bond acceptors (Lipinski definition) is 6. The molecule has 0 spiro atoms. The summed E-state index contributed by atoms with van der Waals surface area (Å²) in [5, 5.41) is 8.19. The van der Waals surface area contributed by atoms with E-state index in [1.54, 1.807) is 19.1 Å². The minimum absolute atomic E-state index is 0.0338. The van der Waals surface area contributed by atoms with Crippen LogP contribution in [0, 0.1) is 0 Å². The Morgan fingerprint density at radius 1 is 1.32 bits per heavy atom. The topological polar surface area (TPSA) is 80.3 Å². The minimum atomic E-state index is -0.428. The van der Waals surface area contributed by atoms with Crippen LogP contribution in [-0.4, -0.2) is 45.4 Å². The number of H-pyrrole nitrogens is 1. The molecule has 1 N–H and O–H groups in total. The van der Waals surface area contributed by atoms with Crippen molar-refractivity contribution in [3.05, 3.63) is 42.5 Å². The number of aromatic amines is 1. The number of nitrogens with zero attached hydrogens (tertiary/aromatic N) is 3. The molecule has 116 valence electrons. The van der Waals surface area contributed by atoms with Gasteiger partial charge in [-0.15, -0.1) is 5.06 Å². The molecule has 1 aromatic heterocycles. The Morgan fingerprint density at radius 3 is 2.73 bits per heavy atom. The summed E-state index contributed by atoms with van der Waals surface area (Å²) in [5.41, 5.74) is 0. The first-order valence-corrected chi connectivity index (χ1v) is 7.14. The van der Waals surface area contributed by atoms with Crippen molar-refractivity contribution in [2.75, 3.05) is 7.11 Å². The average molecular weight is 302 g/mol. The van der Waals surface area contributed by atoms with Gasteiger partial charge in [0.2, 0.25) is 0 Å². The number of ketones is 1. The van der Waals surface area contributed by atoms with Gasteiger partial charge in [-0.3, -0.25) is 14.7 Å². The molecule has 1 aliphatic rings. The Kier molecular flexibility index (Phi) is 4.17. The monoisotopic (exact) mass is 302 g/mol. The fourth-order valence-electron chi connectivity index (χ4n) is 2.75. The summed E-state index contributed by atoms with van der Waals surface area (Å²) in [6.45, 7) is 1.80. The third kappa shape index (κ3) is 2.72. The van der Waals surface area contributed by atoms with E-state index in [4.69, 9.17) is 9.57 Å². The van der Waals surface area contributed by atoms with Crippen molar-refractivity contribution >= 4 is 5.78 Å². The highest BCUT2D eigenvalue weighted by molar-refractivity contribution is 5.90. The predicted molar refractivity (Wildman–Crippen MR) is 77.9 cm³/mol. The molecule has 2 heterocycles. The molecular weight excluding hydrogens is 284 g/mol. The Bertz CT molecular complexity index is 617. The van der Waals surface area contributed by atoms with Crippen LogP contribution >= 0.6 is 0 Å². The van der Waals surface area contributed by atoms with Crippen molar-refractivity contribution in [1.29, 1.82) is 0 Å². The van der Waals surface area contributed by atoms with Crippen molar-refractivity contribution in [2.24, 2.45) is 0 Å². The van der Waals surface area contributed by atoms with Gasteiger partial charge in [-0.25, -0.2) is 4.98 Å². The number of hydroxylamine groups is 2. The van der Waals surface area contributed by atoms with E-state index in [0.717, 1.165) is 5.75 Å². The van der Waals surface area contributed by atoms with Gasteiger partial charge in [-0.05, 0) is 19.1 Å². The highest BCUT2D eigenvalue weighted by Gasteiger charge is 2.43. The van der Waals surface area contributed by atoms with Gasteiger partial charge in [0.05, 0.1) is 19.1 Å². The molecular formula is C15H18N4O3. The molecule has 7 nitrogen and oxygen atoms in total. The van der Waals surface area contributed by atoms with Crippen LogP contribution < -0.4 is 4.74 Å². The Balaban J connectivity index is 1.84. The summed E-state index contributed by atoms with van der Waals surface area (Å²) in [5.74, 6) is 0.950. The first-order valence-electron chi connectivity index (χ1n) is 7.14. The molecule has 1 saturated heterocycles. The van der Waals surface area contributed by atoms with E-state index < -0.39 is 6.04 Å². The fraction of sp³-hybridized carbons (Fsp3) is 0.400. The molecule has 0 saturated carbocycles. The molecule has 22 heavy (non-hydrogen) atoms. The lowest BCUT2D eigenvalue weighted by molar-refractivity contribution is -0.243. The van der Waals surface area contributed by atoms with E-state index in [1.807, 2.05) is 30.3 Å². The third-order valence-corrected chi connectivity index (χ3v) is 3.85. The van der Waals surface area contributed by atoms with Crippen LogP contribution in [0.5, 0.6) is 5.75 Å². The molecule has 3 rings (SSSR count). The van der Waals surface area contributed by atoms with Crippen LogP contribution in [0.2, 0.25) is 0 Å². The van der Waals surface area contributed by atoms with Gasteiger partial charge in [0.25, 0.3) is 0 Å². The van der Waals surface area contributed by atoms with Crippen LogP contribution in [-0.2, 0) is 9.63 Å². The summed E-state index contributed by atoms with van der Waals surface area (Å²) < 4.78 is 5.99. The number of hydrogen-bond donors (Lipinski definition) is 1. The molecule has 0 aliphatic carbocycles. The zero-order chi connectivity index (χ0) is 15.5. The highest BCUT2D eigenvalue weighted by Crippen LogP contribution is 2.32. The molecule has 0 radical (unpaired) electrons. The van der Waals surface area contributed by atoms with E-state index in [0.29, 0.717) is 12.2 Å². The van der Waals surface area contributed by atoms with Crippen LogP contribution in [0.4, 0.5) is 0 Å². The largest absolute Gasteiger partial charge is 0.473 e. The van der Waals surface area contributed by atoms with E-state index >= 15 is 0 Å². The molecule has 2 aromatic rings. The van der Waals surface area contributed by atoms with Gasteiger partial charge in [-0.1, -0.05) is 18.2 Å². The standard InChI is InChI=1S/C15H18N4O3/c1-10-14(20)12(15-16-9-17-18-15)8-13(19(10)21-2)22-11-6-4-3-5-7-11/h3-7,9-10,12-13H,8H2,1-2H3,(H,16,17,18). The van der Waals surface area contributed by atoms with Crippen LogP contribution in [0.3, 0.4) is 0 Å². The number of carbonyl (C=O) groups excluding carboxylic acids is 1. The molecule has 0 amide bonds. The van der Waals surface area contributed by atoms with Gasteiger partial charge in [0.1, 0.15) is 17.9 Å². The zero-order valence-corrected chi connectivity index (χ0v) is 12.5. The van der Waals surface area contributed by atoms with Crippen LogP contribution in [0.25, 0.3) is 0 Å². The Hall–Kier alpha value is -2.25. The SMILES string of the molecule is CON1C(Oc2ccccc2)CC(c2ncn[nH]2)C(=O)C1C. The predicted octanol–water partition coefficient (Wildman–Crippen LogP) is 1.52. The molecule has 1 aliphatic heterocycles. The van der Waals surface area contributed by atoms with Crippen molar-refractivity contribution in [3.8, 4) is 5.75 Å². The van der Waals surface area contributed by atoms with Gasteiger partial charge < -0.3 is 4.74 Å². The molecule has 1 fully saturated rings. The summed E-state index contributed by atoms with van der Waals surface area (Å²) in [6, 6.07) is 9.04. The lowest BCUT2D eigenvalue weighted by atomic mass is 9.89. The number of aromatic nitrogens is 3. The van der Waals surface area contributed by atoms with Crippen LogP contribution in [0.15, 0.2) is 36.7 Å². The minimum Gasteiger partial charge on any atom is -0.473 e. The van der Waals surface area contributed by atoms with Gasteiger partial charge in [0.15, 0.2) is 12.0 Å².